The number of nitrogen functional groups attached to an aromatic ring is 1. The predicted molar refractivity (Wildman–Crippen MR) is 78.9 cm³/mol. The van der Waals surface area contributed by atoms with E-state index in [9.17, 15) is 4.79 Å². The minimum absolute atomic E-state index is 0.150. The number of benzene rings is 1. The Hall–Kier alpha value is -2.76. The van der Waals surface area contributed by atoms with E-state index >= 15 is 0 Å². The van der Waals surface area contributed by atoms with Crippen molar-refractivity contribution in [2.75, 3.05) is 22.9 Å². The van der Waals surface area contributed by atoms with Gasteiger partial charge in [-0.15, -0.1) is 0 Å². The maximum atomic E-state index is 10.5. The fourth-order valence-corrected chi connectivity index (χ4v) is 1.77. The number of rotatable bonds is 5. The van der Waals surface area contributed by atoms with Crippen molar-refractivity contribution in [3.8, 4) is 0 Å². The Bertz CT molecular complexity index is 587. The van der Waals surface area contributed by atoms with Gasteiger partial charge in [0, 0.05) is 6.54 Å². The maximum Gasteiger partial charge on any atom is 0.409 e. The van der Waals surface area contributed by atoms with E-state index in [-0.39, 0.29) is 11.5 Å². The third kappa shape index (κ3) is 3.88. The lowest BCUT2D eigenvalue weighted by Crippen LogP contribution is -2.12. The molecule has 0 atom stereocenters. The molecule has 5 N–H and O–H groups in total. The van der Waals surface area contributed by atoms with Crippen LogP contribution in [-0.4, -0.2) is 22.7 Å². The second-order valence-electron chi connectivity index (χ2n) is 4.22. The lowest BCUT2D eigenvalue weighted by molar-refractivity contribution is 0.210. The van der Waals surface area contributed by atoms with Gasteiger partial charge in [-0.3, -0.25) is 5.32 Å². The normalized spacial score (nSPS) is 10.0. The van der Waals surface area contributed by atoms with Crippen LogP contribution in [0.4, 0.5) is 22.1 Å². The van der Waals surface area contributed by atoms with Gasteiger partial charge in [0.25, 0.3) is 0 Å². The van der Waals surface area contributed by atoms with Gasteiger partial charge in [0.15, 0.2) is 0 Å². The molecule has 6 nitrogen and oxygen atoms in total. The van der Waals surface area contributed by atoms with Crippen molar-refractivity contribution >= 4 is 23.4 Å². The number of carbonyl (C=O) groups is 1. The number of amides is 1. The Morgan fingerprint density at radius 3 is 2.60 bits per heavy atom. The Morgan fingerprint density at radius 1 is 1.20 bits per heavy atom. The van der Waals surface area contributed by atoms with E-state index < -0.39 is 6.09 Å². The fraction of sp³-hybridized carbons (Fsp3) is 0.143. The smallest absolute Gasteiger partial charge is 0.409 e. The summed E-state index contributed by atoms with van der Waals surface area (Å²) in [6.07, 6.45) is -0.291. The van der Waals surface area contributed by atoms with Gasteiger partial charge in [-0.1, -0.05) is 30.3 Å². The van der Waals surface area contributed by atoms with Crippen molar-refractivity contribution in [1.29, 1.82) is 0 Å². The molecule has 0 saturated heterocycles. The molecule has 1 aromatic heterocycles. The van der Waals surface area contributed by atoms with Crippen molar-refractivity contribution in [1.82, 2.24) is 4.98 Å². The summed E-state index contributed by atoms with van der Waals surface area (Å²) in [5, 5.41) is 13.9. The topological polar surface area (TPSA) is 100 Å². The number of hydrogen-bond donors (Lipinski definition) is 4. The molecule has 1 heterocycles. The Labute approximate surface area is 116 Å². The van der Waals surface area contributed by atoms with Crippen LogP contribution >= 0.6 is 0 Å². The van der Waals surface area contributed by atoms with Gasteiger partial charge in [-0.25, -0.2) is 9.78 Å². The van der Waals surface area contributed by atoms with E-state index in [0.717, 1.165) is 13.0 Å². The molecule has 2 rings (SSSR count). The van der Waals surface area contributed by atoms with Crippen LogP contribution in [0.25, 0.3) is 0 Å². The lowest BCUT2D eigenvalue weighted by atomic mass is 10.1. The molecule has 0 unspecified atom stereocenters. The predicted octanol–water partition coefficient (Wildman–Crippen LogP) is 2.41. The molecule has 104 valence electrons. The first kappa shape index (κ1) is 13.7. The van der Waals surface area contributed by atoms with Gasteiger partial charge < -0.3 is 16.2 Å². The van der Waals surface area contributed by atoms with E-state index in [0.29, 0.717) is 5.82 Å². The standard InChI is InChI=1S/C14H16N4O2/c15-13-11(17-14(19)20)6-7-12(18-13)16-9-8-10-4-2-1-3-5-10/h1-7,17H,8-9H2,(H,19,20)(H3,15,16,18). The van der Waals surface area contributed by atoms with Crippen molar-refractivity contribution in [3.63, 3.8) is 0 Å². The summed E-state index contributed by atoms with van der Waals surface area (Å²) < 4.78 is 0. The van der Waals surface area contributed by atoms with E-state index in [1.54, 1.807) is 12.1 Å². The van der Waals surface area contributed by atoms with Gasteiger partial charge in [0.05, 0.1) is 5.69 Å². The lowest BCUT2D eigenvalue weighted by Gasteiger charge is -2.09. The quantitative estimate of drug-likeness (QED) is 0.669. The first-order chi connectivity index (χ1) is 9.65. The molecule has 0 radical (unpaired) electrons. The van der Waals surface area contributed by atoms with E-state index in [1.807, 2.05) is 18.2 Å². The zero-order valence-electron chi connectivity index (χ0n) is 10.8. The van der Waals surface area contributed by atoms with E-state index in [2.05, 4.69) is 27.8 Å². The highest BCUT2D eigenvalue weighted by atomic mass is 16.4. The van der Waals surface area contributed by atoms with Gasteiger partial charge >= 0.3 is 6.09 Å². The molecule has 2 aromatic rings. The van der Waals surface area contributed by atoms with Crippen LogP contribution < -0.4 is 16.4 Å². The van der Waals surface area contributed by atoms with Gasteiger partial charge in [0.1, 0.15) is 11.6 Å². The van der Waals surface area contributed by atoms with Crippen LogP contribution in [-0.2, 0) is 6.42 Å². The Morgan fingerprint density at radius 2 is 1.95 bits per heavy atom. The van der Waals surface area contributed by atoms with Gasteiger partial charge in [-0.2, -0.15) is 0 Å². The number of hydrogen-bond acceptors (Lipinski definition) is 4. The first-order valence-electron chi connectivity index (χ1n) is 6.19. The zero-order valence-corrected chi connectivity index (χ0v) is 10.8. The molecule has 6 heteroatoms. The highest BCUT2D eigenvalue weighted by Gasteiger charge is 2.05. The summed E-state index contributed by atoms with van der Waals surface area (Å²) in [4.78, 5) is 14.6. The van der Waals surface area contributed by atoms with Gasteiger partial charge in [-0.05, 0) is 24.1 Å². The monoisotopic (exact) mass is 272 g/mol. The first-order valence-corrected chi connectivity index (χ1v) is 6.19. The number of nitrogens with one attached hydrogen (secondary N) is 2. The van der Waals surface area contributed by atoms with Crippen molar-refractivity contribution in [2.45, 2.75) is 6.42 Å². The Kier molecular flexibility index (Phi) is 4.39. The molecule has 20 heavy (non-hydrogen) atoms. The summed E-state index contributed by atoms with van der Waals surface area (Å²) in [5.41, 5.74) is 7.19. The average molecular weight is 272 g/mol. The number of nitrogens with two attached hydrogens (primary N) is 1. The highest BCUT2D eigenvalue weighted by molar-refractivity contribution is 5.86. The SMILES string of the molecule is Nc1nc(NCCc2ccccc2)ccc1NC(=O)O. The molecule has 1 aromatic carbocycles. The Balaban J connectivity index is 1.90. The third-order valence-corrected chi connectivity index (χ3v) is 2.73. The summed E-state index contributed by atoms with van der Waals surface area (Å²) in [6, 6.07) is 13.4. The second kappa shape index (κ2) is 6.42. The molecule has 0 aliphatic rings. The van der Waals surface area contributed by atoms with Crippen LogP contribution in [0.2, 0.25) is 0 Å². The van der Waals surface area contributed by atoms with Crippen molar-refractivity contribution in [2.24, 2.45) is 0 Å². The molecule has 0 aliphatic heterocycles. The van der Waals surface area contributed by atoms with Crippen LogP contribution in [0.3, 0.4) is 0 Å². The zero-order chi connectivity index (χ0) is 14.4. The van der Waals surface area contributed by atoms with E-state index in [4.69, 9.17) is 10.8 Å². The number of pyridine rings is 1. The molecule has 0 saturated carbocycles. The largest absolute Gasteiger partial charge is 0.465 e. The van der Waals surface area contributed by atoms with E-state index in [1.165, 1.54) is 5.56 Å². The summed E-state index contributed by atoms with van der Waals surface area (Å²) in [5.74, 6) is 0.770. The summed E-state index contributed by atoms with van der Waals surface area (Å²) in [7, 11) is 0. The van der Waals surface area contributed by atoms with Crippen LogP contribution in [0.1, 0.15) is 5.56 Å². The number of nitrogens with zero attached hydrogens (tertiary/aromatic N) is 1. The van der Waals surface area contributed by atoms with Crippen LogP contribution in [0, 0.1) is 0 Å². The molecule has 0 spiro atoms. The second-order valence-corrected chi connectivity index (χ2v) is 4.22. The van der Waals surface area contributed by atoms with Crippen molar-refractivity contribution in [3.05, 3.63) is 48.0 Å². The average Bonchev–Trinajstić information content (AvgIpc) is 2.43. The van der Waals surface area contributed by atoms with Crippen LogP contribution in [0.15, 0.2) is 42.5 Å². The summed E-state index contributed by atoms with van der Waals surface area (Å²) >= 11 is 0. The molecule has 0 aliphatic carbocycles. The third-order valence-electron chi connectivity index (χ3n) is 2.73. The minimum atomic E-state index is -1.16. The fourth-order valence-electron chi connectivity index (χ4n) is 1.77. The summed E-state index contributed by atoms with van der Waals surface area (Å²) in [6.45, 7) is 0.724. The molecular weight excluding hydrogens is 256 g/mol. The molecular formula is C14H16N4O2. The highest BCUT2D eigenvalue weighted by Crippen LogP contribution is 2.18. The number of aromatic nitrogens is 1. The van der Waals surface area contributed by atoms with Crippen molar-refractivity contribution < 1.29 is 9.90 Å². The molecule has 0 fully saturated rings. The van der Waals surface area contributed by atoms with Gasteiger partial charge in [0.2, 0.25) is 0 Å². The number of anilines is 3. The minimum Gasteiger partial charge on any atom is -0.465 e. The molecule has 1 amide bonds. The maximum absolute atomic E-state index is 10.5. The molecule has 0 bridgehead atoms. The number of carboxylic acid groups (broad SMARTS) is 1. The van der Waals surface area contributed by atoms with Crippen LogP contribution in [0.5, 0.6) is 0 Å².